The van der Waals surface area contributed by atoms with Gasteiger partial charge in [0.1, 0.15) is 0 Å². The highest BCUT2D eigenvalue weighted by molar-refractivity contribution is 7.99. The van der Waals surface area contributed by atoms with E-state index in [9.17, 15) is 19.2 Å². The van der Waals surface area contributed by atoms with Crippen LogP contribution in [0.5, 0.6) is 0 Å². The Kier molecular flexibility index (Phi) is 5.95. The Bertz CT molecular complexity index is 1060. The molecule has 0 fully saturated rings. The van der Waals surface area contributed by atoms with E-state index >= 15 is 0 Å². The second-order valence-electron chi connectivity index (χ2n) is 6.00. The van der Waals surface area contributed by atoms with Crippen LogP contribution in [-0.2, 0) is 9.53 Å². The second kappa shape index (κ2) is 8.58. The van der Waals surface area contributed by atoms with Gasteiger partial charge in [0.15, 0.2) is 6.61 Å². The predicted octanol–water partition coefficient (Wildman–Crippen LogP) is 2.32. The second-order valence-corrected chi connectivity index (χ2v) is 7.01. The lowest BCUT2D eigenvalue weighted by Gasteiger charge is -2.10. The van der Waals surface area contributed by atoms with Gasteiger partial charge in [0.2, 0.25) is 0 Å². The maximum atomic E-state index is 12.2. The molecule has 0 saturated heterocycles. The number of carbonyl (C=O) groups excluding carboxylic acids is 4. The molecule has 0 saturated carbocycles. The maximum absolute atomic E-state index is 12.2. The van der Waals surface area contributed by atoms with Gasteiger partial charge >= 0.3 is 5.97 Å². The molecule has 0 radical (unpaired) electrons. The molecule has 29 heavy (non-hydrogen) atoms. The van der Waals surface area contributed by atoms with E-state index in [4.69, 9.17) is 10.00 Å². The van der Waals surface area contributed by atoms with Gasteiger partial charge in [-0.05, 0) is 30.3 Å². The maximum Gasteiger partial charge on any atom is 0.338 e. The van der Waals surface area contributed by atoms with Crippen molar-refractivity contribution in [3.63, 3.8) is 0 Å². The number of nitrogens with zero attached hydrogens (tertiary/aromatic N) is 2. The molecule has 0 aromatic heterocycles. The molecule has 0 spiro atoms. The highest BCUT2D eigenvalue weighted by Crippen LogP contribution is 2.26. The molecule has 1 aliphatic rings. The molecule has 0 unspecified atom stereocenters. The Morgan fingerprint density at radius 3 is 2.62 bits per heavy atom. The Balaban J connectivity index is 1.62. The van der Waals surface area contributed by atoms with Gasteiger partial charge in [-0.25, -0.2) is 4.79 Å². The van der Waals surface area contributed by atoms with Crippen molar-refractivity contribution in [3.05, 3.63) is 59.2 Å². The fraction of sp³-hybridized carbons (Fsp3) is 0.150. The number of imide groups is 1. The minimum atomic E-state index is -0.787. The molecule has 1 N–H and O–H groups in total. The molecular weight excluding hydrogens is 394 g/mol. The van der Waals surface area contributed by atoms with E-state index in [2.05, 4.69) is 5.32 Å². The summed E-state index contributed by atoms with van der Waals surface area (Å²) in [6, 6.07) is 13.0. The minimum Gasteiger partial charge on any atom is -0.452 e. The summed E-state index contributed by atoms with van der Waals surface area (Å²) in [4.78, 5) is 50.0. The zero-order valence-corrected chi connectivity index (χ0v) is 16.1. The van der Waals surface area contributed by atoms with Gasteiger partial charge < -0.3 is 10.1 Å². The van der Waals surface area contributed by atoms with Gasteiger partial charge in [0.05, 0.1) is 34.2 Å². The van der Waals surface area contributed by atoms with Crippen molar-refractivity contribution in [2.45, 2.75) is 4.90 Å². The SMILES string of the molecule is CN1C(=O)c2ccc(C(=O)OCC(=O)Nc3ccccc3SCC#N)cc2C1=O. The normalized spacial score (nSPS) is 12.3. The molecule has 9 heteroatoms. The average Bonchev–Trinajstić information content (AvgIpc) is 2.95. The van der Waals surface area contributed by atoms with E-state index in [1.807, 2.05) is 6.07 Å². The minimum absolute atomic E-state index is 0.0676. The van der Waals surface area contributed by atoms with Crippen LogP contribution in [0.3, 0.4) is 0 Å². The molecule has 8 nitrogen and oxygen atoms in total. The van der Waals surface area contributed by atoms with E-state index in [0.29, 0.717) is 5.69 Å². The van der Waals surface area contributed by atoms with Gasteiger partial charge in [-0.1, -0.05) is 12.1 Å². The summed E-state index contributed by atoms with van der Waals surface area (Å²) in [5, 5.41) is 11.3. The monoisotopic (exact) mass is 409 g/mol. The van der Waals surface area contributed by atoms with Gasteiger partial charge in [0.25, 0.3) is 17.7 Å². The molecule has 2 aromatic rings. The molecule has 1 aliphatic heterocycles. The first-order valence-corrected chi connectivity index (χ1v) is 9.43. The molecule has 0 aliphatic carbocycles. The number of anilines is 1. The number of nitrogens with one attached hydrogen (secondary N) is 1. The number of fused-ring (bicyclic) bond motifs is 1. The predicted molar refractivity (Wildman–Crippen MR) is 105 cm³/mol. The molecule has 3 amide bonds. The topological polar surface area (TPSA) is 117 Å². The molecule has 3 rings (SSSR count). The summed E-state index contributed by atoms with van der Waals surface area (Å²) < 4.78 is 5.01. The van der Waals surface area contributed by atoms with Crippen LogP contribution < -0.4 is 5.32 Å². The number of ether oxygens (including phenoxy) is 1. The van der Waals surface area contributed by atoms with Crippen LogP contribution in [-0.4, -0.2) is 48.0 Å². The average molecular weight is 409 g/mol. The van der Waals surface area contributed by atoms with Crippen LogP contribution in [0.2, 0.25) is 0 Å². The first-order valence-electron chi connectivity index (χ1n) is 8.44. The van der Waals surface area contributed by atoms with Crippen LogP contribution in [0.4, 0.5) is 5.69 Å². The lowest BCUT2D eigenvalue weighted by Crippen LogP contribution is -2.24. The van der Waals surface area contributed by atoms with E-state index in [0.717, 1.165) is 9.80 Å². The zero-order chi connectivity index (χ0) is 21.0. The number of nitriles is 1. The van der Waals surface area contributed by atoms with Crippen molar-refractivity contribution in [1.29, 1.82) is 5.26 Å². The Labute approximate surface area is 170 Å². The van der Waals surface area contributed by atoms with Crippen molar-refractivity contribution in [3.8, 4) is 6.07 Å². The van der Waals surface area contributed by atoms with Crippen molar-refractivity contribution >= 4 is 41.1 Å². The number of thioether (sulfide) groups is 1. The summed E-state index contributed by atoms with van der Waals surface area (Å²) in [6.07, 6.45) is 0. The van der Waals surface area contributed by atoms with Crippen LogP contribution >= 0.6 is 11.8 Å². The third-order valence-electron chi connectivity index (χ3n) is 4.11. The lowest BCUT2D eigenvalue weighted by molar-refractivity contribution is -0.119. The summed E-state index contributed by atoms with van der Waals surface area (Å²) in [6.45, 7) is -0.528. The number of esters is 1. The van der Waals surface area contributed by atoms with Gasteiger partial charge in [-0.2, -0.15) is 5.26 Å². The first-order chi connectivity index (χ1) is 13.9. The van der Waals surface area contributed by atoms with Gasteiger partial charge in [-0.3, -0.25) is 19.3 Å². The fourth-order valence-corrected chi connectivity index (χ4v) is 3.36. The van der Waals surface area contributed by atoms with Gasteiger partial charge in [-0.15, -0.1) is 11.8 Å². The Morgan fingerprint density at radius 1 is 1.14 bits per heavy atom. The third-order valence-corrected chi connectivity index (χ3v) is 5.05. The highest BCUT2D eigenvalue weighted by atomic mass is 32.2. The number of rotatable bonds is 6. The third kappa shape index (κ3) is 4.28. The largest absolute Gasteiger partial charge is 0.452 e. The number of para-hydroxylation sites is 1. The van der Waals surface area contributed by atoms with E-state index in [1.54, 1.807) is 24.3 Å². The Morgan fingerprint density at radius 2 is 1.86 bits per heavy atom. The molecule has 0 bridgehead atoms. The van der Waals surface area contributed by atoms with Crippen LogP contribution in [0, 0.1) is 11.3 Å². The highest BCUT2D eigenvalue weighted by Gasteiger charge is 2.33. The summed E-state index contributed by atoms with van der Waals surface area (Å²) in [5.41, 5.74) is 0.926. The molecule has 146 valence electrons. The van der Waals surface area contributed by atoms with Crippen molar-refractivity contribution < 1.29 is 23.9 Å². The number of amides is 3. The van der Waals surface area contributed by atoms with Crippen LogP contribution in [0.1, 0.15) is 31.1 Å². The van der Waals surface area contributed by atoms with Crippen LogP contribution in [0.25, 0.3) is 0 Å². The lowest BCUT2D eigenvalue weighted by atomic mass is 10.1. The smallest absolute Gasteiger partial charge is 0.338 e. The first kappa shape index (κ1) is 20.1. The molecular formula is C20H15N3O5S. The molecule has 0 atom stereocenters. The van der Waals surface area contributed by atoms with E-state index < -0.39 is 30.3 Å². The summed E-state index contributed by atoms with van der Waals surface area (Å²) in [7, 11) is 1.36. The van der Waals surface area contributed by atoms with E-state index in [1.165, 1.54) is 37.0 Å². The fourth-order valence-electron chi connectivity index (χ4n) is 2.69. The molecule has 2 aromatic carbocycles. The Hall–Kier alpha value is -3.64. The number of hydrogen-bond donors (Lipinski definition) is 1. The quantitative estimate of drug-likeness (QED) is 0.442. The summed E-state index contributed by atoms with van der Waals surface area (Å²) in [5.74, 6) is -2.03. The van der Waals surface area contributed by atoms with Crippen molar-refractivity contribution in [2.24, 2.45) is 0 Å². The number of hydrogen-bond acceptors (Lipinski definition) is 7. The summed E-state index contributed by atoms with van der Waals surface area (Å²) >= 11 is 1.28. The molecule has 1 heterocycles. The zero-order valence-electron chi connectivity index (χ0n) is 15.3. The van der Waals surface area contributed by atoms with Crippen molar-refractivity contribution in [2.75, 3.05) is 24.7 Å². The van der Waals surface area contributed by atoms with Crippen LogP contribution in [0.15, 0.2) is 47.4 Å². The van der Waals surface area contributed by atoms with Crippen molar-refractivity contribution in [1.82, 2.24) is 4.90 Å². The van der Waals surface area contributed by atoms with E-state index in [-0.39, 0.29) is 22.4 Å². The van der Waals surface area contributed by atoms with Gasteiger partial charge in [0, 0.05) is 11.9 Å². The number of benzene rings is 2. The number of carbonyl (C=O) groups is 4. The standard InChI is InChI=1S/C20H15N3O5S/c1-23-18(25)13-7-6-12(10-14(13)19(23)26)20(27)28-11-17(24)22-15-4-2-3-5-16(15)29-9-8-21/h2-7,10H,9,11H2,1H3,(H,22,24).